The summed E-state index contributed by atoms with van der Waals surface area (Å²) in [6.07, 6.45) is 0.148. The van der Waals surface area contributed by atoms with E-state index in [9.17, 15) is 24.0 Å². The number of hydrogen-bond donors (Lipinski definition) is 7. The smallest absolute Gasteiger partial charge is 0.327 e. The van der Waals surface area contributed by atoms with Gasteiger partial charge in [0.1, 0.15) is 18.1 Å². The van der Waals surface area contributed by atoms with Crippen molar-refractivity contribution in [2.24, 2.45) is 17.6 Å². The van der Waals surface area contributed by atoms with Crippen molar-refractivity contribution in [3.8, 4) is 0 Å². The van der Waals surface area contributed by atoms with Gasteiger partial charge < -0.3 is 31.9 Å². The second kappa shape index (κ2) is 13.9. The summed E-state index contributed by atoms with van der Waals surface area (Å²) in [6, 6.07) is -4.38. The standard InChI is InChI=1S/C19H34N4O7S/c1-5-10(4)15(23-16(26)11(20)6-7-13(24)25)18(28)22-14(9(2)3)17(27)21-12(8-31)19(29)30/h9-12,14-15,31H,5-8,20H2,1-4H3,(H,21,27)(H,22,28)(H,23,26)(H,24,25)(H,29,30). The number of carboxylic acid groups (broad SMARTS) is 2. The van der Waals surface area contributed by atoms with Gasteiger partial charge in [0.15, 0.2) is 0 Å². The van der Waals surface area contributed by atoms with E-state index >= 15 is 0 Å². The molecule has 0 aromatic heterocycles. The summed E-state index contributed by atoms with van der Waals surface area (Å²) in [5.74, 6) is -5.13. The highest BCUT2D eigenvalue weighted by Gasteiger charge is 2.33. The minimum atomic E-state index is -1.25. The normalized spacial score (nSPS) is 15.8. The van der Waals surface area contributed by atoms with Crippen molar-refractivity contribution in [2.75, 3.05) is 5.75 Å². The van der Waals surface area contributed by atoms with Crippen LogP contribution in [-0.4, -0.2) is 69.8 Å². The lowest BCUT2D eigenvalue weighted by Crippen LogP contribution is -2.60. The molecule has 0 bridgehead atoms. The number of carbonyl (C=O) groups is 5. The number of aliphatic carboxylic acids is 2. The van der Waals surface area contributed by atoms with Gasteiger partial charge in [0.25, 0.3) is 0 Å². The molecule has 0 spiro atoms. The molecule has 0 aliphatic rings. The number of nitrogens with one attached hydrogen (secondary N) is 3. The van der Waals surface area contributed by atoms with Crippen LogP contribution in [0.3, 0.4) is 0 Å². The van der Waals surface area contributed by atoms with Crippen LogP contribution < -0.4 is 21.7 Å². The Balaban J connectivity index is 5.37. The summed E-state index contributed by atoms with van der Waals surface area (Å²) in [5.41, 5.74) is 5.72. The number of hydrogen-bond acceptors (Lipinski definition) is 7. The lowest BCUT2D eigenvalue weighted by atomic mass is 9.96. The van der Waals surface area contributed by atoms with Gasteiger partial charge in [-0.3, -0.25) is 19.2 Å². The fraction of sp³-hybridized carbons (Fsp3) is 0.737. The third kappa shape index (κ3) is 10.0. The monoisotopic (exact) mass is 462 g/mol. The van der Waals surface area contributed by atoms with Crippen molar-refractivity contribution in [3.63, 3.8) is 0 Å². The zero-order chi connectivity index (χ0) is 24.3. The van der Waals surface area contributed by atoms with Gasteiger partial charge in [-0.2, -0.15) is 12.6 Å². The van der Waals surface area contributed by atoms with Crippen molar-refractivity contribution < 1.29 is 34.2 Å². The van der Waals surface area contributed by atoms with Crippen LogP contribution in [-0.2, 0) is 24.0 Å². The molecule has 0 heterocycles. The first-order valence-corrected chi connectivity index (χ1v) is 10.7. The summed E-state index contributed by atoms with van der Waals surface area (Å²) in [7, 11) is 0. The highest BCUT2D eigenvalue weighted by atomic mass is 32.1. The fourth-order valence-corrected chi connectivity index (χ4v) is 2.84. The van der Waals surface area contributed by atoms with Crippen molar-refractivity contribution >= 4 is 42.3 Å². The molecule has 12 heteroatoms. The van der Waals surface area contributed by atoms with E-state index in [1.54, 1.807) is 20.8 Å². The van der Waals surface area contributed by atoms with Crippen LogP contribution >= 0.6 is 12.6 Å². The Morgan fingerprint density at radius 2 is 1.42 bits per heavy atom. The molecule has 5 atom stereocenters. The van der Waals surface area contributed by atoms with E-state index in [1.807, 2.05) is 6.92 Å². The largest absolute Gasteiger partial charge is 0.481 e. The van der Waals surface area contributed by atoms with Gasteiger partial charge in [-0.1, -0.05) is 34.1 Å². The van der Waals surface area contributed by atoms with Crippen LogP contribution in [0.2, 0.25) is 0 Å². The Labute approximate surface area is 187 Å². The van der Waals surface area contributed by atoms with Gasteiger partial charge in [-0.05, 0) is 18.3 Å². The molecule has 0 fully saturated rings. The molecule has 0 rings (SSSR count). The number of thiol groups is 1. The topological polar surface area (TPSA) is 188 Å². The molecular formula is C19H34N4O7S. The molecular weight excluding hydrogens is 428 g/mol. The van der Waals surface area contributed by atoms with Crippen molar-refractivity contribution in [3.05, 3.63) is 0 Å². The second-order valence-corrected chi connectivity index (χ2v) is 8.09. The maximum Gasteiger partial charge on any atom is 0.327 e. The minimum Gasteiger partial charge on any atom is -0.481 e. The summed E-state index contributed by atoms with van der Waals surface area (Å²) >= 11 is 3.90. The Kier molecular flexibility index (Phi) is 12.8. The van der Waals surface area contributed by atoms with E-state index in [-0.39, 0.29) is 30.4 Å². The number of nitrogens with two attached hydrogens (primary N) is 1. The molecule has 7 N–H and O–H groups in total. The van der Waals surface area contributed by atoms with E-state index in [1.165, 1.54) is 0 Å². The molecule has 31 heavy (non-hydrogen) atoms. The van der Waals surface area contributed by atoms with Gasteiger partial charge >= 0.3 is 11.9 Å². The fourth-order valence-electron chi connectivity index (χ4n) is 2.60. The highest BCUT2D eigenvalue weighted by molar-refractivity contribution is 7.80. The molecule has 11 nitrogen and oxygen atoms in total. The Morgan fingerprint density at radius 1 is 0.903 bits per heavy atom. The number of amides is 3. The third-order valence-electron chi connectivity index (χ3n) is 4.84. The Hall–Kier alpha value is -2.34. The lowest BCUT2D eigenvalue weighted by molar-refractivity contribution is -0.142. The van der Waals surface area contributed by atoms with Crippen molar-refractivity contribution in [2.45, 2.75) is 71.1 Å². The predicted octanol–water partition coefficient (Wildman–Crippen LogP) is -0.651. The summed E-state index contributed by atoms with van der Waals surface area (Å²) < 4.78 is 0. The maximum absolute atomic E-state index is 12.9. The number of carbonyl (C=O) groups excluding carboxylic acids is 3. The molecule has 0 saturated heterocycles. The molecule has 0 aromatic carbocycles. The van der Waals surface area contributed by atoms with Gasteiger partial charge in [0.2, 0.25) is 17.7 Å². The first kappa shape index (κ1) is 28.7. The maximum atomic E-state index is 12.9. The first-order chi connectivity index (χ1) is 14.3. The third-order valence-corrected chi connectivity index (χ3v) is 5.21. The molecule has 3 amide bonds. The van der Waals surface area contributed by atoms with Gasteiger partial charge in [-0.25, -0.2) is 4.79 Å². The van der Waals surface area contributed by atoms with Crippen LogP contribution in [0, 0.1) is 11.8 Å². The van der Waals surface area contributed by atoms with E-state index < -0.39 is 53.8 Å². The predicted molar refractivity (Wildman–Crippen MR) is 116 cm³/mol. The summed E-state index contributed by atoms with van der Waals surface area (Å²) in [4.78, 5) is 59.6. The zero-order valence-electron chi connectivity index (χ0n) is 18.3. The molecule has 5 unspecified atom stereocenters. The molecule has 0 saturated carbocycles. The van der Waals surface area contributed by atoms with Crippen LogP contribution in [0.5, 0.6) is 0 Å². The summed E-state index contributed by atoms with van der Waals surface area (Å²) in [6.45, 7) is 6.91. The SMILES string of the molecule is CCC(C)C(NC(=O)C(N)CCC(=O)O)C(=O)NC(C(=O)NC(CS)C(=O)O)C(C)C. The zero-order valence-corrected chi connectivity index (χ0v) is 19.1. The van der Waals surface area contributed by atoms with Crippen LogP contribution in [0.25, 0.3) is 0 Å². The van der Waals surface area contributed by atoms with Crippen LogP contribution in [0.1, 0.15) is 47.0 Å². The first-order valence-electron chi connectivity index (χ1n) is 10.1. The second-order valence-electron chi connectivity index (χ2n) is 7.72. The molecule has 178 valence electrons. The van der Waals surface area contributed by atoms with Crippen molar-refractivity contribution in [1.29, 1.82) is 0 Å². The Bertz CT molecular complexity index is 659. The van der Waals surface area contributed by atoms with E-state index in [0.717, 1.165) is 0 Å². The molecule has 0 aliphatic carbocycles. The highest BCUT2D eigenvalue weighted by Crippen LogP contribution is 2.11. The summed E-state index contributed by atoms with van der Waals surface area (Å²) in [5, 5.41) is 25.3. The number of rotatable bonds is 14. The molecule has 0 aliphatic heterocycles. The molecule has 0 aromatic rings. The average Bonchev–Trinajstić information content (AvgIpc) is 2.70. The Morgan fingerprint density at radius 3 is 1.84 bits per heavy atom. The van der Waals surface area contributed by atoms with E-state index in [0.29, 0.717) is 6.42 Å². The quantitative estimate of drug-likeness (QED) is 0.166. The minimum absolute atomic E-state index is 0.0899. The van der Waals surface area contributed by atoms with Crippen LogP contribution in [0.15, 0.2) is 0 Å². The van der Waals surface area contributed by atoms with Gasteiger partial charge in [0.05, 0.1) is 6.04 Å². The average molecular weight is 463 g/mol. The van der Waals surface area contributed by atoms with E-state index in [2.05, 4.69) is 28.6 Å². The van der Waals surface area contributed by atoms with Crippen molar-refractivity contribution in [1.82, 2.24) is 16.0 Å². The molecule has 0 radical (unpaired) electrons. The lowest BCUT2D eigenvalue weighted by Gasteiger charge is -2.29. The van der Waals surface area contributed by atoms with Gasteiger partial charge in [0, 0.05) is 12.2 Å². The van der Waals surface area contributed by atoms with Crippen LogP contribution in [0.4, 0.5) is 0 Å². The van der Waals surface area contributed by atoms with Gasteiger partial charge in [-0.15, -0.1) is 0 Å². The van der Waals surface area contributed by atoms with E-state index in [4.69, 9.17) is 15.9 Å². The number of carboxylic acids is 2.